The monoisotopic (exact) mass is 275 g/mol. The molecule has 0 aliphatic carbocycles. The normalized spacial score (nSPS) is 16.9. The summed E-state index contributed by atoms with van der Waals surface area (Å²) in [5.41, 5.74) is 2.52. The molecule has 0 atom stereocenters. The number of piperidine rings is 1. The molecule has 1 aromatic rings. The van der Waals surface area contributed by atoms with Crippen molar-refractivity contribution < 1.29 is 0 Å². The quantitative estimate of drug-likeness (QED) is 0.724. The molecule has 1 nitrogen and oxygen atoms in total. The lowest BCUT2D eigenvalue weighted by molar-refractivity contribution is 0.578. The molecule has 1 aliphatic rings. The second-order valence-electron chi connectivity index (χ2n) is 4.27. The van der Waals surface area contributed by atoms with E-state index in [9.17, 15) is 0 Å². The Labute approximate surface area is 108 Å². The largest absolute Gasteiger partial charge is 0.371 e. The van der Waals surface area contributed by atoms with Crippen molar-refractivity contribution in [1.82, 2.24) is 0 Å². The average Bonchev–Trinajstić information content (AvgIpc) is 2.29. The highest BCUT2D eigenvalue weighted by molar-refractivity contribution is 8.09. The number of hydrogen-bond donors (Lipinski definition) is 0. The van der Waals surface area contributed by atoms with Crippen molar-refractivity contribution in [2.45, 2.75) is 26.2 Å². The van der Waals surface area contributed by atoms with Crippen LogP contribution in [0.5, 0.6) is 0 Å². The topological polar surface area (TPSA) is 3.24 Å². The van der Waals surface area contributed by atoms with Crippen LogP contribution in [0.2, 0.25) is 0 Å². The molecule has 1 saturated heterocycles. The molecule has 1 heterocycles. The molecule has 0 saturated carbocycles. The fourth-order valence-electron chi connectivity index (χ4n) is 2.16. The standard InChI is InChI=1S/C12H16Cl2NP/c1-10-5-6-12(16(13)14)11(9-10)15-7-3-2-4-8-15/h5-6,9H,2-4,7-8H2,1H3. The first-order valence-corrected chi connectivity index (χ1v) is 8.81. The highest BCUT2D eigenvalue weighted by Crippen LogP contribution is 2.48. The van der Waals surface area contributed by atoms with E-state index in [0.29, 0.717) is 0 Å². The van der Waals surface area contributed by atoms with E-state index in [-0.39, 0.29) is 0 Å². The van der Waals surface area contributed by atoms with E-state index in [1.54, 1.807) is 0 Å². The molecule has 16 heavy (non-hydrogen) atoms. The molecule has 0 unspecified atom stereocenters. The number of hydrogen-bond acceptors (Lipinski definition) is 1. The van der Waals surface area contributed by atoms with Crippen molar-refractivity contribution in [3.05, 3.63) is 23.8 Å². The maximum atomic E-state index is 6.08. The first kappa shape index (κ1) is 12.5. The Balaban J connectivity index is 2.32. The van der Waals surface area contributed by atoms with E-state index in [4.69, 9.17) is 22.5 Å². The molecule has 0 radical (unpaired) electrons. The van der Waals surface area contributed by atoms with E-state index in [2.05, 4.69) is 30.0 Å². The van der Waals surface area contributed by atoms with Crippen LogP contribution in [0.4, 0.5) is 5.69 Å². The second kappa shape index (κ2) is 5.58. The molecule has 1 aliphatic heterocycles. The summed E-state index contributed by atoms with van der Waals surface area (Å²) in [7, 11) is 0. The van der Waals surface area contributed by atoms with Gasteiger partial charge in [0.15, 0.2) is 0 Å². The summed E-state index contributed by atoms with van der Waals surface area (Å²) in [4.78, 5) is 2.42. The van der Waals surface area contributed by atoms with Gasteiger partial charge in [-0.2, -0.15) is 0 Å². The van der Waals surface area contributed by atoms with Gasteiger partial charge in [-0.05, 0) is 43.9 Å². The molecular formula is C12H16Cl2NP. The van der Waals surface area contributed by atoms with Crippen LogP contribution in [-0.4, -0.2) is 13.1 Å². The summed E-state index contributed by atoms with van der Waals surface area (Å²) in [6.45, 7) is 3.33. The van der Waals surface area contributed by atoms with Gasteiger partial charge in [-0.15, -0.1) is 0 Å². The number of anilines is 1. The summed E-state index contributed by atoms with van der Waals surface area (Å²) in [5, 5.41) is 1.10. The van der Waals surface area contributed by atoms with Crippen molar-refractivity contribution in [3.63, 3.8) is 0 Å². The third kappa shape index (κ3) is 2.83. The van der Waals surface area contributed by atoms with Crippen LogP contribution in [0.3, 0.4) is 0 Å². The summed E-state index contributed by atoms with van der Waals surface area (Å²) >= 11 is 12.2. The fourth-order valence-corrected chi connectivity index (χ4v) is 3.59. The van der Waals surface area contributed by atoms with Crippen molar-refractivity contribution in [2.24, 2.45) is 0 Å². The molecule has 0 N–H and O–H groups in total. The van der Waals surface area contributed by atoms with Gasteiger partial charge in [0, 0.05) is 24.1 Å². The van der Waals surface area contributed by atoms with E-state index in [1.807, 2.05) is 0 Å². The molecule has 1 aromatic carbocycles. The lowest BCUT2D eigenvalue weighted by atomic mass is 10.1. The Bertz CT molecular complexity index is 362. The summed E-state index contributed by atoms with van der Waals surface area (Å²) in [5.74, 6) is 0. The highest BCUT2D eigenvalue weighted by atomic mass is 35.9. The van der Waals surface area contributed by atoms with Crippen molar-refractivity contribution in [3.8, 4) is 0 Å². The maximum absolute atomic E-state index is 6.08. The second-order valence-corrected chi connectivity index (χ2v) is 7.77. The fraction of sp³-hybridized carbons (Fsp3) is 0.500. The van der Waals surface area contributed by atoms with Crippen LogP contribution in [0.1, 0.15) is 24.8 Å². The smallest absolute Gasteiger partial charge is 0.119 e. The van der Waals surface area contributed by atoms with Gasteiger partial charge in [0.05, 0.1) is 0 Å². The van der Waals surface area contributed by atoms with Gasteiger partial charge in [0.1, 0.15) is 6.63 Å². The summed E-state index contributed by atoms with van der Waals surface area (Å²) in [6, 6.07) is 6.37. The van der Waals surface area contributed by atoms with E-state index >= 15 is 0 Å². The van der Waals surface area contributed by atoms with Crippen LogP contribution in [-0.2, 0) is 0 Å². The predicted octanol–water partition coefficient (Wildman–Crippen LogP) is 4.40. The lowest BCUT2D eigenvalue weighted by Crippen LogP contribution is -2.32. The van der Waals surface area contributed by atoms with Gasteiger partial charge in [-0.1, -0.05) is 28.5 Å². The zero-order valence-electron chi connectivity index (χ0n) is 9.42. The Hall–Kier alpha value is 0.0300. The zero-order valence-corrected chi connectivity index (χ0v) is 11.8. The van der Waals surface area contributed by atoms with Gasteiger partial charge in [-0.3, -0.25) is 0 Å². The Morgan fingerprint density at radius 2 is 1.81 bits per heavy atom. The number of halogens is 2. The Morgan fingerprint density at radius 1 is 1.12 bits per heavy atom. The third-order valence-corrected chi connectivity index (χ3v) is 4.84. The van der Waals surface area contributed by atoms with E-state index in [1.165, 1.54) is 30.5 Å². The molecular weight excluding hydrogens is 260 g/mol. The van der Waals surface area contributed by atoms with Gasteiger partial charge in [-0.25, -0.2) is 0 Å². The molecule has 0 spiro atoms. The van der Waals surface area contributed by atoms with Gasteiger partial charge in [0.25, 0.3) is 0 Å². The molecule has 88 valence electrons. The van der Waals surface area contributed by atoms with E-state index < -0.39 is 6.63 Å². The van der Waals surface area contributed by atoms with Gasteiger partial charge in [0.2, 0.25) is 0 Å². The number of benzene rings is 1. The molecule has 0 aromatic heterocycles. The average molecular weight is 276 g/mol. The zero-order chi connectivity index (χ0) is 11.5. The van der Waals surface area contributed by atoms with Crippen LogP contribution in [0.15, 0.2) is 18.2 Å². The van der Waals surface area contributed by atoms with Crippen LogP contribution in [0.25, 0.3) is 0 Å². The number of nitrogens with zero attached hydrogens (tertiary/aromatic N) is 1. The van der Waals surface area contributed by atoms with Crippen molar-refractivity contribution >= 4 is 40.1 Å². The van der Waals surface area contributed by atoms with E-state index in [0.717, 1.165) is 18.4 Å². The first-order chi connectivity index (χ1) is 7.68. The first-order valence-electron chi connectivity index (χ1n) is 5.66. The molecule has 1 fully saturated rings. The van der Waals surface area contributed by atoms with Crippen LogP contribution >= 0.6 is 29.1 Å². The molecule has 0 amide bonds. The van der Waals surface area contributed by atoms with Crippen molar-refractivity contribution in [2.75, 3.05) is 18.0 Å². The minimum Gasteiger partial charge on any atom is -0.371 e. The molecule has 2 rings (SSSR count). The number of rotatable bonds is 2. The predicted molar refractivity (Wildman–Crippen MR) is 75.5 cm³/mol. The minimum atomic E-state index is -1.05. The SMILES string of the molecule is Cc1ccc(P(Cl)Cl)c(N2CCCCC2)c1. The minimum absolute atomic E-state index is 1.05. The molecule has 0 bridgehead atoms. The summed E-state index contributed by atoms with van der Waals surface area (Å²) in [6.07, 6.45) is 3.89. The maximum Gasteiger partial charge on any atom is 0.119 e. The lowest BCUT2D eigenvalue weighted by Gasteiger charge is -2.31. The van der Waals surface area contributed by atoms with Gasteiger partial charge < -0.3 is 4.90 Å². The van der Waals surface area contributed by atoms with Crippen molar-refractivity contribution in [1.29, 1.82) is 0 Å². The third-order valence-electron chi connectivity index (χ3n) is 3.01. The van der Waals surface area contributed by atoms with Crippen LogP contribution < -0.4 is 10.2 Å². The summed E-state index contributed by atoms with van der Waals surface area (Å²) < 4.78 is 0. The Morgan fingerprint density at radius 3 is 2.44 bits per heavy atom. The number of aryl methyl sites for hydroxylation is 1. The Kier molecular flexibility index (Phi) is 4.35. The molecule has 4 heteroatoms. The highest BCUT2D eigenvalue weighted by Gasteiger charge is 2.17. The van der Waals surface area contributed by atoms with Gasteiger partial charge >= 0.3 is 0 Å². The van der Waals surface area contributed by atoms with Crippen LogP contribution in [0, 0.1) is 6.92 Å².